The fourth-order valence-corrected chi connectivity index (χ4v) is 2.63. The molecule has 1 aliphatic heterocycles. The largest absolute Gasteiger partial charge is 0.378 e. The summed E-state index contributed by atoms with van der Waals surface area (Å²) in [5.41, 5.74) is 6.55. The second-order valence-corrected chi connectivity index (χ2v) is 5.78. The molecule has 1 aromatic carbocycles. The summed E-state index contributed by atoms with van der Waals surface area (Å²) < 4.78 is 11.1. The van der Waals surface area contributed by atoms with Crippen LogP contribution in [0, 0.1) is 0 Å². The normalized spacial score (nSPS) is 21.9. The summed E-state index contributed by atoms with van der Waals surface area (Å²) in [6.45, 7) is 2.71. The Labute approximate surface area is 124 Å². The molecule has 2 aromatic rings. The van der Waals surface area contributed by atoms with Crippen LogP contribution in [0.1, 0.15) is 43.5 Å². The number of benzene rings is 1. The molecule has 0 radical (unpaired) electrons. The number of hydrogen-bond donors (Lipinski definition) is 1. The highest BCUT2D eigenvalue weighted by molar-refractivity contribution is 5.28. The van der Waals surface area contributed by atoms with Crippen LogP contribution in [0.3, 0.4) is 0 Å². The van der Waals surface area contributed by atoms with E-state index in [2.05, 4.69) is 10.1 Å². The minimum atomic E-state index is -0.778. The van der Waals surface area contributed by atoms with Crippen LogP contribution in [-0.2, 0) is 16.7 Å². The van der Waals surface area contributed by atoms with E-state index in [1.54, 1.807) is 0 Å². The zero-order chi connectivity index (χ0) is 14.7. The van der Waals surface area contributed by atoms with Crippen LogP contribution in [0.25, 0.3) is 0 Å². The van der Waals surface area contributed by atoms with Gasteiger partial charge in [-0.2, -0.15) is 4.98 Å². The topological polar surface area (TPSA) is 74.2 Å². The number of nitrogens with two attached hydrogens (primary N) is 1. The van der Waals surface area contributed by atoms with E-state index < -0.39 is 5.54 Å². The Bertz CT molecular complexity index is 574. The molecule has 5 heteroatoms. The van der Waals surface area contributed by atoms with Crippen LogP contribution in [0.2, 0.25) is 0 Å². The van der Waals surface area contributed by atoms with Crippen LogP contribution in [-0.4, -0.2) is 22.9 Å². The minimum Gasteiger partial charge on any atom is -0.378 e. The van der Waals surface area contributed by atoms with Crippen molar-refractivity contribution >= 4 is 0 Å². The highest BCUT2D eigenvalue weighted by Crippen LogP contribution is 2.25. The molecule has 2 heterocycles. The third kappa shape index (κ3) is 3.14. The molecule has 5 nitrogen and oxygen atoms in total. The molecule has 2 unspecified atom stereocenters. The van der Waals surface area contributed by atoms with Crippen molar-refractivity contribution in [2.24, 2.45) is 5.73 Å². The zero-order valence-electron chi connectivity index (χ0n) is 12.3. The van der Waals surface area contributed by atoms with Crippen molar-refractivity contribution in [1.82, 2.24) is 10.1 Å². The molecular formula is C16H21N3O2. The van der Waals surface area contributed by atoms with Crippen LogP contribution in [0.15, 0.2) is 34.9 Å². The third-order valence-electron chi connectivity index (χ3n) is 3.97. The molecule has 0 bridgehead atoms. The Morgan fingerprint density at radius 3 is 2.81 bits per heavy atom. The molecular weight excluding hydrogens is 266 g/mol. The molecule has 2 N–H and O–H groups in total. The lowest BCUT2D eigenvalue weighted by molar-refractivity contribution is 0.0153. The Morgan fingerprint density at radius 2 is 2.10 bits per heavy atom. The van der Waals surface area contributed by atoms with Gasteiger partial charge in [-0.25, -0.2) is 0 Å². The molecule has 1 aromatic heterocycles. The molecule has 0 aliphatic carbocycles. The Balaban J connectivity index is 1.74. The summed E-state index contributed by atoms with van der Waals surface area (Å²) in [6.07, 6.45) is 4.29. The fourth-order valence-electron chi connectivity index (χ4n) is 2.63. The van der Waals surface area contributed by atoms with Gasteiger partial charge in [0.1, 0.15) is 5.54 Å². The van der Waals surface area contributed by atoms with E-state index in [-0.39, 0.29) is 6.10 Å². The molecule has 1 aliphatic rings. The summed E-state index contributed by atoms with van der Waals surface area (Å²) in [5.74, 6) is 1.11. The van der Waals surface area contributed by atoms with Crippen LogP contribution >= 0.6 is 0 Å². The summed E-state index contributed by atoms with van der Waals surface area (Å²) in [6, 6.07) is 9.79. The van der Waals surface area contributed by atoms with E-state index in [0.717, 1.165) is 25.0 Å². The molecule has 112 valence electrons. The molecule has 0 spiro atoms. The van der Waals surface area contributed by atoms with E-state index >= 15 is 0 Å². The van der Waals surface area contributed by atoms with Gasteiger partial charge in [-0.05, 0) is 31.7 Å². The maximum atomic E-state index is 6.38. The van der Waals surface area contributed by atoms with Gasteiger partial charge >= 0.3 is 0 Å². The van der Waals surface area contributed by atoms with Crippen molar-refractivity contribution in [3.63, 3.8) is 0 Å². The van der Waals surface area contributed by atoms with E-state index in [1.165, 1.54) is 6.42 Å². The zero-order valence-corrected chi connectivity index (χ0v) is 12.3. The molecule has 21 heavy (non-hydrogen) atoms. The fraction of sp³-hybridized carbons (Fsp3) is 0.500. The number of nitrogens with zero attached hydrogens (tertiary/aromatic N) is 2. The van der Waals surface area contributed by atoms with Crippen molar-refractivity contribution in [2.45, 2.75) is 44.2 Å². The smallest absolute Gasteiger partial charge is 0.251 e. The molecule has 1 saturated heterocycles. The SMILES string of the molecule is CC(N)(c1ccccc1)c1nc(CC2CCCCO2)no1. The standard InChI is InChI=1S/C16H21N3O2/c1-16(17,12-7-3-2-4-8-12)15-18-14(19-21-15)11-13-9-5-6-10-20-13/h2-4,7-8,13H,5-6,9-11,17H2,1H3. The second kappa shape index (κ2) is 5.95. The van der Waals surface area contributed by atoms with E-state index in [1.807, 2.05) is 37.3 Å². The van der Waals surface area contributed by atoms with Crippen LogP contribution in [0.5, 0.6) is 0 Å². The van der Waals surface area contributed by atoms with Gasteiger partial charge in [0.25, 0.3) is 5.89 Å². The number of aromatic nitrogens is 2. The Hall–Kier alpha value is -1.72. The number of hydrogen-bond acceptors (Lipinski definition) is 5. The quantitative estimate of drug-likeness (QED) is 0.934. The third-order valence-corrected chi connectivity index (χ3v) is 3.97. The van der Waals surface area contributed by atoms with Gasteiger partial charge in [0.15, 0.2) is 5.82 Å². The van der Waals surface area contributed by atoms with Gasteiger partial charge in [-0.3, -0.25) is 0 Å². The maximum absolute atomic E-state index is 6.38. The van der Waals surface area contributed by atoms with Crippen molar-refractivity contribution < 1.29 is 9.26 Å². The van der Waals surface area contributed by atoms with Gasteiger partial charge < -0.3 is 15.0 Å². The summed E-state index contributed by atoms with van der Waals surface area (Å²) >= 11 is 0. The van der Waals surface area contributed by atoms with Crippen molar-refractivity contribution in [3.05, 3.63) is 47.6 Å². The van der Waals surface area contributed by atoms with E-state index in [9.17, 15) is 0 Å². The van der Waals surface area contributed by atoms with Gasteiger partial charge in [0.05, 0.1) is 6.10 Å². The van der Waals surface area contributed by atoms with Gasteiger partial charge in [-0.1, -0.05) is 35.5 Å². The average molecular weight is 287 g/mol. The molecule has 2 atom stereocenters. The first kappa shape index (κ1) is 14.2. The highest BCUT2D eigenvalue weighted by atomic mass is 16.5. The lowest BCUT2D eigenvalue weighted by atomic mass is 9.93. The van der Waals surface area contributed by atoms with Gasteiger partial charge in [-0.15, -0.1) is 0 Å². The predicted molar refractivity (Wildman–Crippen MR) is 78.7 cm³/mol. The lowest BCUT2D eigenvalue weighted by Gasteiger charge is -2.21. The number of ether oxygens (including phenoxy) is 1. The highest BCUT2D eigenvalue weighted by Gasteiger charge is 2.30. The lowest BCUT2D eigenvalue weighted by Crippen LogP contribution is -2.34. The van der Waals surface area contributed by atoms with Crippen molar-refractivity contribution in [2.75, 3.05) is 6.61 Å². The van der Waals surface area contributed by atoms with Crippen molar-refractivity contribution in [3.8, 4) is 0 Å². The molecule has 0 saturated carbocycles. The van der Waals surface area contributed by atoms with Crippen LogP contribution in [0.4, 0.5) is 0 Å². The number of rotatable bonds is 4. The van der Waals surface area contributed by atoms with E-state index in [4.69, 9.17) is 15.0 Å². The van der Waals surface area contributed by atoms with Crippen molar-refractivity contribution in [1.29, 1.82) is 0 Å². The monoisotopic (exact) mass is 287 g/mol. The summed E-state index contributed by atoms with van der Waals surface area (Å²) in [5, 5.41) is 4.06. The Kier molecular flexibility index (Phi) is 4.03. The second-order valence-electron chi connectivity index (χ2n) is 5.78. The Morgan fingerprint density at radius 1 is 1.29 bits per heavy atom. The molecule has 0 amide bonds. The predicted octanol–water partition coefficient (Wildman–Crippen LogP) is 2.40. The maximum Gasteiger partial charge on any atom is 0.251 e. The first-order chi connectivity index (χ1) is 10.2. The first-order valence-corrected chi connectivity index (χ1v) is 7.45. The van der Waals surface area contributed by atoms with Gasteiger partial charge in [0, 0.05) is 13.0 Å². The molecule has 3 rings (SSSR count). The summed E-state index contributed by atoms with van der Waals surface area (Å²) in [7, 11) is 0. The van der Waals surface area contributed by atoms with Gasteiger partial charge in [0.2, 0.25) is 0 Å². The first-order valence-electron chi connectivity index (χ1n) is 7.45. The van der Waals surface area contributed by atoms with E-state index in [0.29, 0.717) is 18.1 Å². The summed E-state index contributed by atoms with van der Waals surface area (Å²) in [4.78, 5) is 4.47. The average Bonchev–Trinajstić information content (AvgIpc) is 2.98. The minimum absolute atomic E-state index is 0.199. The van der Waals surface area contributed by atoms with Crippen LogP contribution < -0.4 is 5.73 Å². The molecule has 1 fully saturated rings.